The molecule has 0 N–H and O–H groups in total. The summed E-state index contributed by atoms with van der Waals surface area (Å²) < 4.78 is 6.18. The van der Waals surface area contributed by atoms with Crippen LogP contribution in [0.4, 0.5) is 0 Å². The molecule has 0 bridgehead atoms. The van der Waals surface area contributed by atoms with E-state index in [1.165, 1.54) is 11.3 Å². The molecule has 0 saturated carbocycles. The zero-order valence-electron chi connectivity index (χ0n) is 9.61. The zero-order chi connectivity index (χ0) is 12.5. The molecule has 1 aromatic heterocycles. The summed E-state index contributed by atoms with van der Waals surface area (Å²) in [6.45, 7) is 0.765. The number of carbonyl (C=O) groups is 1. The molecule has 0 saturated heterocycles. The van der Waals surface area contributed by atoms with Crippen LogP contribution in [0.3, 0.4) is 0 Å². The van der Waals surface area contributed by atoms with Crippen molar-refractivity contribution in [2.24, 2.45) is 0 Å². The summed E-state index contributed by atoms with van der Waals surface area (Å²) in [5, 5.41) is 0. The van der Waals surface area contributed by atoms with E-state index in [1.54, 1.807) is 12.1 Å². The van der Waals surface area contributed by atoms with Crippen molar-refractivity contribution in [3.63, 3.8) is 0 Å². The van der Waals surface area contributed by atoms with Gasteiger partial charge >= 0.3 is 0 Å². The molecule has 3 rings (SSSR count). The largest absolute Gasteiger partial charge is 0.493 e. The maximum atomic E-state index is 12.3. The first-order valence-electron chi connectivity index (χ1n) is 5.80. The van der Waals surface area contributed by atoms with Crippen molar-refractivity contribution < 1.29 is 9.53 Å². The molecular formula is C14H11ClO2S. The number of hydrogen-bond donors (Lipinski definition) is 0. The molecule has 18 heavy (non-hydrogen) atoms. The van der Waals surface area contributed by atoms with Gasteiger partial charge in [-0.1, -0.05) is 11.6 Å². The molecule has 0 aliphatic carbocycles. The van der Waals surface area contributed by atoms with Gasteiger partial charge in [0.25, 0.3) is 0 Å². The standard InChI is InChI=1S/C14H11ClO2S/c15-13-6-5-12(18-13)14(16)10-3-4-11-9(8-10)2-1-7-17-11/h3-6,8H,1-2,7H2. The van der Waals surface area contributed by atoms with Gasteiger partial charge in [0.05, 0.1) is 15.8 Å². The Morgan fingerprint density at radius 3 is 2.94 bits per heavy atom. The third-order valence-corrected chi connectivity index (χ3v) is 4.20. The summed E-state index contributed by atoms with van der Waals surface area (Å²) in [5.41, 5.74) is 1.83. The molecular weight excluding hydrogens is 268 g/mol. The summed E-state index contributed by atoms with van der Waals surface area (Å²) in [6, 6.07) is 9.16. The minimum Gasteiger partial charge on any atom is -0.493 e. The fourth-order valence-corrected chi connectivity index (χ4v) is 3.09. The molecule has 92 valence electrons. The SMILES string of the molecule is O=C(c1ccc2c(c1)CCCO2)c1ccc(Cl)s1. The summed E-state index contributed by atoms with van der Waals surface area (Å²) in [7, 11) is 0. The molecule has 4 heteroatoms. The number of rotatable bonds is 2. The number of hydrogen-bond acceptors (Lipinski definition) is 3. The van der Waals surface area contributed by atoms with Crippen LogP contribution in [0.15, 0.2) is 30.3 Å². The topological polar surface area (TPSA) is 26.3 Å². The predicted molar refractivity (Wildman–Crippen MR) is 73.0 cm³/mol. The van der Waals surface area contributed by atoms with Crippen LogP contribution in [0.2, 0.25) is 4.34 Å². The number of aryl methyl sites for hydroxylation is 1. The molecule has 2 aromatic rings. The number of ketones is 1. The number of ether oxygens (including phenoxy) is 1. The number of fused-ring (bicyclic) bond motifs is 1. The fourth-order valence-electron chi connectivity index (χ4n) is 2.08. The van der Waals surface area contributed by atoms with Crippen LogP contribution < -0.4 is 4.74 Å². The van der Waals surface area contributed by atoms with E-state index >= 15 is 0 Å². The molecule has 1 aliphatic heterocycles. The van der Waals surface area contributed by atoms with Crippen LogP contribution in [0.25, 0.3) is 0 Å². The predicted octanol–water partition coefficient (Wildman–Crippen LogP) is 3.96. The number of benzene rings is 1. The molecule has 2 nitrogen and oxygen atoms in total. The van der Waals surface area contributed by atoms with Crippen molar-refractivity contribution >= 4 is 28.7 Å². The van der Waals surface area contributed by atoms with E-state index in [9.17, 15) is 4.79 Å². The summed E-state index contributed by atoms with van der Waals surface area (Å²) in [5.74, 6) is 0.933. The van der Waals surface area contributed by atoms with E-state index in [2.05, 4.69) is 0 Å². The first kappa shape index (κ1) is 11.8. The van der Waals surface area contributed by atoms with Crippen molar-refractivity contribution in [2.45, 2.75) is 12.8 Å². The Morgan fingerprint density at radius 1 is 1.28 bits per heavy atom. The third-order valence-electron chi connectivity index (χ3n) is 2.97. The molecule has 0 radical (unpaired) electrons. The molecule has 0 spiro atoms. The first-order valence-corrected chi connectivity index (χ1v) is 6.99. The van der Waals surface area contributed by atoms with Gasteiger partial charge in [0.15, 0.2) is 0 Å². The van der Waals surface area contributed by atoms with Crippen LogP contribution in [0.1, 0.15) is 27.2 Å². The van der Waals surface area contributed by atoms with Crippen LogP contribution in [-0.4, -0.2) is 12.4 Å². The smallest absolute Gasteiger partial charge is 0.203 e. The van der Waals surface area contributed by atoms with Gasteiger partial charge in [-0.3, -0.25) is 4.79 Å². The van der Waals surface area contributed by atoms with Crippen molar-refractivity contribution in [3.8, 4) is 5.75 Å². The maximum absolute atomic E-state index is 12.3. The molecule has 1 aliphatic rings. The molecule has 0 atom stereocenters. The Hall–Kier alpha value is -1.32. The van der Waals surface area contributed by atoms with E-state index in [4.69, 9.17) is 16.3 Å². The Bertz CT molecular complexity index is 604. The average Bonchev–Trinajstić information content (AvgIpc) is 2.84. The quantitative estimate of drug-likeness (QED) is 0.777. The lowest BCUT2D eigenvalue weighted by Crippen LogP contribution is -2.09. The maximum Gasteiger partial charge on any atom is 0.203 e. The third kappa shape index (κ3) is 2.16. The lowest BCUT2D eigenvalue weighted by atomic mass is 10.0. The second kappa shape index (κ2) is 4.75. The van der Waals surface area contributed by atoms with Gasteiger partial charge in [0, 0.05) is 5.56 Å². The molecule has 0 fully saturated rings. The minimum absolute atomic E-state index is 0.0280. The van der Waals surface area contributed by atoms with E-state index in [0.29, 0.717) is 14.8 Å². The zero-order valence-corrected chi connectivity index (χ0v) is 11.2. The highest BCUT2D eigenvalue weighted by atomic mass is 35.5. The summed E-state index contributed by atoms with van der Waals surface area (Å²) >= 11 is 7.17. The van der Waals surface area contributed by atoms with Crippen LogP contribution in [0.5, 0.6) is 5.75 Å². The van der Waals surface area contributed by atoms with Crippen molar-refractivity contribution in [1.29, 1.82) is 0 Å². The molecule has 1 aromatic carbocycles. The molecule has 2 heterocycles. The fraction of sp³-hybridized carbons (Fsp3) is 0.214. The second-order valence-corrected chi connectivity index (χ2v) is 5.92. The van der Waals surface area contributed by atoms with Crippen LogP contribution >= 0.6 is 22.9 Å². The van der Waals surface area contributed by atoms with Gasteiger partial charge < -0.3 is 4.74 Å². The van der Waals surface area contributed by atoms with Gasteiger partial charge in [0.2, 0.25) is 5.78 Å². The van der Waals surface area contributed by atoms with Crippen LogP contribution in [0, 0.1) is 0 Å². The van der Waals surface area contributed by atoms with Crippen molar-refractivity contribution in [1.82, 2.24) is 0 Å². The van der Waals surface area contributed by atoms with Gasteiger partial charge in [-0.25, -0.2) is 0 Å². The van der Waals surface area contributed by atoms with Crippen molar-refractivity contribution in [2.75, 3.05) is 6.61 Å². The second-order valence-electron chi connectivity index (χ2n) is 4.21. The van der Waals surface area contributed by atoms with Gasteiger partial charge in [0.1, 0.15) is 5.75 Å². The van der Waals surface area contributed by atoms with E-state index < -0.39 is 0 Å². The van der Waals surface area contributed by atoms with E-state index in [0.717, 1.165) is 30.8 Å². The number of carbonyl (C=O) groups excluding carboxylic acids is 1. The Balaban J connectivity index is 1.95. The Kier molecular flexibility index (Phi) is 3.10. The minimum atomic E-state index is 0.0280. The van der Waals surface area contributed by atoms with E-state index in [-0.39, 0.29) is 5.78 Å². The summed E-state index contributed by atoms with van der Waals surface area (Å²) in [6.07, 6.45) is 1.98. The Morgan fingerprint density at radius 2 is 2.17 bits per heavy atom. The highest BCUT2D eigenvalue weighted by molar-refractivity contribution is 7.18. The van der Waals surface area contributed by atoms with Gasteiger partial charge in [-0.2, -0.15) is 0 Å². The average molecular weight is 279 g/mol. The first-order chi connectivity index (χ1) is 8.74. The lowest BCUT2D eigenvalue weighted by molar-refractivity contribution is 0.104. The lowest BCUT2D eigenvalue weighted by Gasteiger charge is -2.17. The van der Waals surface area contributed by atoms with E-state index in [1.807, 2.05) is 18.2 Å². The molecule has 0 unspecified atom stereocenters. The van der Waals surface area contributed by atoms with Gasteiger partial charge in [-0.05, 0) is 48.7 Å². The monoisotopic (exact) mass is 278 g/mol. The number of halogens is 1. The Labute approximate surface area is 114 Å². The highest BCUT2D eigenvalue weighted by Crippen LogP contribution is 2.28. The number of thiophene rings is 1. The van der Waals surface area contributed by atoms with Crippen molar-refractivity contribution in [3.05, 3.63) is 50.7 Å². The van der Waals surface area contributed by atoms with Gasteiger partial charge in [-0.15, -0.1) is 11.3 Å². The highest BCUT2D eigenvalue weighted by Gasteiger charge is 2.16. The normalized spacial score (nSPS) is 13.8. The van der Waals surface area contributed by atoms with Crippen LogP contribution in [-0.2, 0) is 6.42 Å². The summed E-state index contributed by atoms with van der Waals surface area (Å²) in [4.78, 5) is 12.9. The molecule has 0 amide bonds.